The van der Waals surface area contributed by atoms with Crippen LogP contribution in [0.15, 0.2) is 48.7 Å². The highest BCUT2D eigenvalue weighted by molar-refractivity contribution is 5.81. The topological polar surface area (TPSA) is 134 Å². The molecule has 0 spiro atoms. The van der Waals surface area contributed by atoms with E-state index >= 15 is 0 Å². The van der Waals surface area contributed by atoms with Crippen LogP contribution in [-0.2, 0) is 4.79 Å². The molecule has 0 saturated carbocycles. The molecule has 162 valence electrons. The first kappa shape index (κ1) is 20.6. The number of benzene rings is 2. The van der Waals surface area contributed by atoms with Crippen molar-refractivity contribution in [3.8, 4) is 34.6 Å². The molecule has 2 aromatic heterocycles. The number of imidazole rings is 1. The molecule has 0 aliphatic rings. The lowest BCUT2D eigenvalue weighted by Gasteiger charge is -2.12. The standard InChI is InChI=1S/C22H19N5O5/c1-30-17-8-5-15(9-18(17)31-2)25-22-20(26-21-14(10-23)11-24-27(21)22)13-3-6-16(7-4-13)32-12-19(28)29/h3-9,11,25-26H,12H2,1-2H3,(H,28,29). The number of carboxylic acid groups (broad SMARTS) is 1. The van der Waals surface area contributed by atoms with Gasteiger partial charge in [-0.25, -0.2) is 4.79 Å². The quantitative estimate of drug-likeness (QED) is 0.385. The van der Waals surface area contributed by atoms with Gasteiger partial charge in [0.2, 0.25) is 0 Å². The third-order valence-electron chi connectivity index (χ3n) is 4.73. The summed E-state index contributed by atoms with van der Waals surface area (Å²) >= 11 is 0. The van der Waals surface area contributed by atoms with Crippen LogP contribution in [0.4, 0.5) is 11.5 Å². The molecule has 0 aliphatic heterocycles. The largest absolute Gasteiger partial charge is 0.493 e. The Morgan fingerprint density at radius 1 is 1.19 bits per heavy atom. The maximum atomic E-state index is 10.7. The fourth-order valence-corrected chi connectivity index (χ4v) is 3.24. The number of ether oxygens (including phenoxy) is 3. The second-order valence-corrected chi connectivity index (χ2v) is 6.68. The van der Waals surface area contributed by atoms with E-state index in [0.717, 1.165) is 11.3 Å². The minimum Gasteiger partial charge on any atom is -0.493 e. The van der Waals surface area contributed by atoms with Gasteiger partial charge in [0.05, 0.1) is 26.1 Å². The zero-order valence-corrected chi connectivity index (χ0v) is 17.2. The molecule has 2 heterocycles. The highest BCUT2D eigenvalue weighted by Gasteiger charge is 2.18. The predicted molar refractivity (Wildman–Crippen MR) is 116 cm³/mol. The molecule has 0 radical (unpaired) electrons. The van der Waals surface area contributed by atoms with Crippen molar-refractivity contribution in [3.05, 3.63) is 54.2 Å². The van der Waals surface area contributed by atoms with E-state index in [2.05, 4.69) is 21.5 Å². The van der Waals surface area contributed by atoms with E-state index in [1.807, 2.05) is 6.07 Å². The van der Waals surface area contributed by atoms with E-state index in [4.69, 9.17) is 19.3 Å². The zero-order valence-electron chi connectivity index (χ0n) is 17.2. The Morgan fingerprint density at radius 2 is 1.94 bits per heavy atom. The molecule has 3 N–H and O–H groups in total. The number of carboxylic acids is 1. The summed E-state index contributed by atoms with van der Waals surface area (Å²) in [4.78, 5) is 14.0. The minimum atomic E-state index is -1.05. The van der Waals surface area contributed by atoms with Gasteiger partial charge in [0.25, 0.3) is 0 Å². The van der Waals surface area contributed by atoms with Crippen molar-refractivity contribution in [1.29, 1.82) is 5.26 Å². The molecule has 10 heteroatoms. The molecule has 0 atom stereocenters. The summed E-state index contributed by atoms with van der Waals surface area (Å²) in [5.74, 6) is 1.14. The Hall–Kier alpha value is -4.65. The van der Waals surface area contributed by atoms with Crippen molar-refractivity contribution in [1.82, 2.24) is 14.6 Å². The van der Waals surface area contributed by atoms with Crippen LogP contribution >= 0.6 is 0 Å². The third-order valence-corrected chi connectivity index (χ3v) is 4.73. The van der Waals surface area contributed by atoms with Crippen molar-refractivity contribution >= 4 is 23.1 Å². The van der Waals surface area contributed by atoms with Gasteiger partial charge in [-0.2, -0.15) is 14.9 Å². The number of aromatic amines is 1. The number of rotatable bonds is 8. The van der Waals surface area contributed by atoms with Gasteiger partial charge < -0.3 is 29.6 Å². The van der Waals surface area contributed by atoms with Gasteiger partial charge >= 0.3 is 5.97 Å². The maximum Gasteiger partial charge on any atom is 0.341 e. The first-order valence-electron chi connectivity index (χ1n) is 9.48. The minimum absolute atomic E-state index is 0.396. The second kappa shape index (κ2) is 8.61. The lowest BCUT2D eigenvalue weighted by Crippen LogP contribution is -2.09. The summed E-state index contributed by atoms with van der Waals surface area (Å²) in [6, 6.07) is 14.4. The number of hydrogen-bond acceptors (Lipinski definition) is 7. The summed E-state index contributed by atoms with van der Waals surface area (Å²) in [6.07, 6.45) is 1.48. The van der Waals surface area contributed by atoms with Crippen LogP contribution in [0.25, 0.3) is 16.9 Å². The molecule has 0 amide bonds. The fourth-order valence-electron chi connectivity index (χ4n) is 3.24. The van der Waals surface area contributed by atoms with Crippen LogP contribution in [0, 0.1) is 11.3 Å². The van der Waals surface area contributed by atoms with Crippen molar-refractivity contribution < 1.29 is 24.1 Å². The molecule has 0 unspecified atom stereocenters. The smallest absolute Gasteiger partial charge is 0.341 e. The molecule has 32 heavy (non-hydrogen) atoms. The number of hydrogen-bond donors (Lipinski definition) is 3. The van der Waals surface area contributed by atoms with Gasteiger partial charge in [-0.05, 0) is 36.4 Å². The van der Waals surface area contributed by atoms with Crippen molar-refractivity contribution in [2.75, 3.05) is 26.1 Å². The number of nitrogens with one attached hydrogen (secondary N) is 2. The van der Waals surface area contributed by atoms with Crippen LogP contribution in [0.1, 0.15) is 5.56 Å². The molecule has 0 aliphatic carbocycles. The van der Waals surface area contributed by atoms with Crippen LogP contribution in [0.2, 0.25) is 0 Å². The molecule has 4 rings (SSSR count). The number of H-pyrrole nitrogens is 1. The first-order valence-corrected chi connectivity index (χ1v) is 9.48. The number of anilines is 2. The van der Waals surface area contributed by atoms with Gasteiger partial charge in [0.15, 0.2) is 29.6 Å². The second-order valence-electron chi connectivity index (χ2n) is 6.68. The van der Waals surface area contributed by atoms with Gasteiger partial charge in [0.1, 0.15) is 17.4 Å². The summed E-state index contributed by atoms with van der Waals surface area (Å²) < 4.78 is 17.5. The summed E-state index contributed by atoms with van der Waals surface area (Å²) in [6.45, 7) is -0.423. The molecule has 10 nitrogen and oxygen atoms in total. The molecule has 0 fully saturated rings. The lowest BCUT2D eigenvalue weighted by atomic mass is 10.1. The molecule has 0 bridgehead atoms. The Labute approximate surface area is 182 Å². The summed E-state index contributed by atoms with van der Waals surface area (Å²) in [7, 11) is 3.12. The normalized spacial score (nSPS) is 10.5. The van der Waals surface area contributed by atoms with Crippen molar-refractivity contribution in [2.45, 2.75) is 0 Å². The van der Waals surface area contributed by atoms with Crippen LogP contribution in [0.3, 0.4) is 0 Å². The van der Waals surface area contributed by atoms with E-state index in [9.17, 15) is 10.1 Å². The highest BCUT2D eigenvalue weighted by atomic mass is 16.5. The van der Waals surface area contributed by atoms with Gasteiger partial charge in [0, 0.05) is 17.3 Å². The number of methoxy groups -OCH3 is 2. The summed E-state index contributed by atoms with van der Waals surface area (Å²) in [5.41, 5.74) is 3.12. The summed E-state index contributed by atoms with van der Waals surface area (Å²) in [5, 5.41) is 25.8. The van der Waals surface area contributed by atoms with E-state index in [1.165, 1.54) is 6.20 Å². The lowest BCUT2D eigenvalue weighted by molar-refractivity contribution is -0.139. The Bertz CT molecular complexity index is 1320. The monoisotopic (exact) mass is 433 g/mol. The molecular formula is C22H19N5O5. The Balaban J connectivity index is 1.75. The van der Waals surface area contributed by atoms with E-state index in [0.29, 0.717) is 40.0 Å². The fraction of sp³-hybridized carbons (Fsp3) is 0.136. The average molecular weight is 433 g/mol. The van der Waals surface area contributed by atoms with E-state index < -0.39 is 12.6 Å². The van der Waals surface area contributed by atoms with Gasteiger partial charge in [-0.1, -0.05) is 0 Å². The number of aromatic nitrogens is 3. The van der Waals surface area contributed by atoms with Crippen LogP contribution < -0.4 is 19.5 Å². The number of aliphatic carboxylic acids is 1. The SMILES string of the molecule is COc1ccc(Nc2c(-c3ccc(OCC(=O)O)cc3)[nH]c3c(C#N)cnn23)cc1OC. The highest BCUT2D eigenvalue weighted by Crippen LogP contribution is 2.35. The predicted octanol–water partition coefficient (Wildman–Crippen LogP) is 3.43. The van der Waals surface area contributed by atoms with Gasteiger partial charge in [-0.15, -0.1) is 0 Å². The number of nitriles is 1. The third kappa shape index (κ3) is 3.87. The molecular weight excluding hydrogens is 414 g/mol. The molecule has 4 aromatic rings. The molecule has 2 aromatic carbocycles. The van der Waals surface area contributed by atoms with Gasteiger partial charge in [-0.3, -0.25) is 0 Å². The first-order chi connectivity index (χ1) is 15.5. The Kier molecular flexibility index (Phi) is 5.55. The van der Waals surface area contributed by atoms with E-state index in [1.54, 1.807) is 55.1 Å². The van der Waals surface area contributed by atoms with Crippen LogP contribution in [0.5, 0.6) is 17.2 Å². The number of carbonyl (C=O) groups is 1. The number of fused-ring (bicyclic) bond motifs is 1. The average Bonchev–Trinajstić information content (AvgIpc) is 3.37. The zero-order chi connectivity index (χ0) is 22.7. The Morgan fingerprint density at radius 3 is 2.59 bits per heavy atom. The number of nitrogens with zero attached hydrogens (tertiary/aromatic N) is 3. The maximum absolute atomic E-state index is 10.7. The van der Waals surface area contributed by atoms with Crippen LogP contribution in [-0.4, -0.2) is 46.5 Å². The van der Waals surface area contributed by atoms with Crippen molar-refractivity contribution in [2.24, 2.45) is 0 Å². The van der Waals surface area contributed by atoms with E-state index in [-0.39, 0.29) is 0 Å². The van der Waals surface area contributed by atoms with Crippen molar-refractivity contribution in [3.63, 3.8) is 0 Å². The molecule has 0 saturated heterocycles.